The minimum atomic E-state index is -1.04. The van der Waals surface area contributed by atoms with Crippen LogP contribution in [0.5, 0.6) is 0 Å². The van der Waals surface area contributed by atoms with Crippen molar-refractivity contribution in [3.05, 3.63) is 52.7 Å². The number of rotatable bonds is 13. The van der Waals surface area contributed by atoms with Crippen LogP contribution >= 0.6 is 11.7 Å². The van der Waals surface area contributed by atoms with Crippen LogP contribution in [-0.4, -0.2) is 56.7 Å². The average molecular weight is 531 g/mol. The maximum Gasteiger partial charge on any atom is 0.330 e. The Bertz CT molecular complexity index is 1170. The van der Waals surface area contributed by atoms with Crippen LogP contribution in [0.3, 0.4) is 0 Å². The topological polar surface area (TPSA) is 161 Å². The van der Waals surface area contributed by atoms with Gasteiger partial charge in [0.2, 0.25) is 11.8 Å². The first-order valence-corrected chi connectivity index (χ1v) is 12.7. The Hall–Kier alpha value is -3.87. The van der Waals surface area contributed by atoms with Gasteiger partial charge in [0, 0.05) is 18.8 Å². The first kappa shape index (κ1) is 27.7. The second kappa shape index (κ2) is 14.0. The fourth-order valence-electron chi connectivity index (χ4n) is 3.66. The second-order valence-corrected chi connectivity index (χ2v) is 9.16. The molecular weight excluding hydrogens is 500 g/mol. The van der Waals surface area contributed by atoms with Crippen molar-refractivity contribution in [2.45, 2.75) is 51.1 Å². The molecule has 0 aromatic carbocycles. The van der Waals surface area contributed by atoms with Crippen LogP contribution in [-0.2, 0) is 25.7 Å². The summed E-state index contributed by atoms with van der Waals surface area (Å²) in [7, 11) is 1.25. The molecule has 2 aromatic heterocycles. The highest BCUT2D eigenvalue weighted by atomic mass is 32.1. The number of hydrogen-bond acceptors (Lipinski definition) is 9. The van der Waals surface area contributed by atoms with Crippen LogP contribution in [0.15, 0.2) is 41.5 Å². The zero-order chi connectivity index (χ0) is 26.6. The van der Waals surface area contributed by atoms with Gasteiger partial charge in [-0.25, -0.2) is 4.79 Å². The monoisotopic (exact) mass is 530 g/mol. The molecule has 1 fully saturated rings. The molecule has 1 aliphatic rings. The number of nitrogens with zero attached hydrogens (tertiary/aromatic N) is 3. The van der Waals surface area contributed by atoms with Crippen LogP contribution in [0.1, 0.15) is 49.0 Å². The molecular formula is C24H30N6O6S. The Morgan fingerprint density at radius 1 is 1.30 bits per heavy atom. The SMILES string of the molecule is COC(=O)/C=C/CC[C@H](NC(=O)c1cnsn1)C(=O)Nc1cccn(CC(=O)NCCC2CCC2)c1=O. The molecule has 0 spiro atoms. The van der Waals surface area contributed by atoms with Gasteiger partial charge in [-0.2, -0.15) is 8.75 Å². The first-order chi connectivity index (χ1) is 17.9. The zero-order valence-corrected chi connectivity index (χ0v) is 21.3. The van der Waals surface area contributed by atoms with Gasteiger partial charge in [0.25, 0.3) is 11.5 Å². The largest absolute Gasteiger partial charge is 0.466 e. The predicted octanol–water partition coefficient (Wildman–Crippen LogP) is 1.25. The van der Waals surface area contributed by atoms with Crippen molar-refractivity contribution in [3.8, 4) is 0 Å². The number of carbonyl (C=O) groups is 4. The molecule has 1 atom stereocenters. The van der Waals surface area contributed by atoms with Crippen molar-refractivity contribution in [2.24, 2.45) is 5.92 Å². The molecule has 3 N–H and O–H groups in total. The van der Waals surface area contributed by atoms with E-state index in [0.29, 0.717) is 12.5 Å². The zero-order valence-electron chi connectivity index (χ0n) is 20.5. The van der Waals surface area contributed by atoms with Crippen molar-refractivity contribution in [2.75, 3.05) is 19.0 Å². The lowest BCUT2D eigenvalue weighted by atomic mass is 9.83. The Morgan fingerprint density at radius 2 is 2.11 bits per heavy atom. The van der Waals surface area contributed by atoms with Crippen molar-refractivity contribution >= 4 is 41.1 Å². The summed E-state index contributed by atoms with van der Waals surface area (Å²) in [6, 6.07) is 1.93. The predicted molar refractivity (Wildman–Crippen MR) is 136 cm³/mol. The molecule has 3 rings (SSSR count). The van der Waals surface area contributed by atoms with E-state index in [4.69, 9.17) is 0 Å². The van der Waals surface area contributed by atoms with E-state index in [1.807, 2.05) is 0 Å². The van der Waals surface area contributed by atoms with E-state index in [9.17, 15) is 24.0 Å². The lowest BCUT2D eigenvalue weighted by Gasteiger charge is -2.25. The molecule has 3 amide bonds. The van der Waals surface area contributed by atoms with Gasteiger partial charge in [0.1, 0.15) is 18.3 Å². The Morgan fingerprint density at radius 3 is 2.78 bits per heavy atom. The van der Waals surface area contributed by atoms with Gasteiger partial charge < -0.3 is 25.3 Å². The molecule has 1 saturated carbocycles. The number of esters is 1. The van der Waals surface area contributed by atoms with Gasteiger partial charge in [0.15, 0.2) is 5.69 Å². The van der Waals surface area contributed by atoms with Crippen LogP contribution < -0.4 is 21.5 Å². The highest BCUT2D eigenvalue weighted by Gasteiger charge is 2.23. The van der Waals surface area contributed by atoms with Crippen LogP contribution in [0.4, 0.5) is 5.69 Å². The van der Waals surface area contributed by atoms with E-state index in [1.165, 1.54) is 61.6 Å². The van der Waals surface area contributed by atoms with E-state index in [-0.39, 0.29) is 36.7 Å². The molecule has 0 radical (unpaired) electrons. The minimum absolute atomic E-state index is 0.0329. The summed E-state index contributed by atoms with van der Waals surface area (Å²) in [6.45, 7) is 0.386. The normalized spacial score (nSPS) is 14.0. The van der Waals surface area contributed by atoms with Gasteiger partial charge >= 0.3 is 5.97 Å². The van der Waals surface area contributed by atoms with Crippen molar-refractivity contribution < 1.29 is 23.9 Å². The maximum atomic E-state index is 13.0. The number of hydrogen-bond donors (Lipinski definition) is 3. The summed E-state index contributed by atoms with van der Waals surface area (Å²) < 4.78 is 13.4. The summed E-state index contributed by atoms with van der Waals surface area (Å²) in [6.07, 6.45) is 10.4. The summed E-state index contributed by atoms with van der Waals surface area (Å²) in [5.41, 5.74) is -0.530. The summed E-state index contributed by atoms with van der Waals surface area (Å²) >= 11 is 0.851. The van der Waals surface area contributed by atoms with Crippen LogP contribution in [0.2, 0.25) is 0 Å². The maximum absolute atomic E-state index is 13.0. The number of methoxy groups -OCH3 is 1. The van der Waals surface area contributed by atoms with Crippen molar-refractivity contribution in [1.29, 1.82) is 0 Å². The quantitative estimate of drug-likeness (QED) is 0.258. The van der Waals surface area contributed by atoms with Gasteiger partial charge in [-0.3, -0.25) is 19.2 Å². The average Bonchev–Trinajstić information content (AvgIpc) is 3.40. The Labute approximate surface area is 217 Å². The van der Waals surface area contributed by atoms with E-state index >= 15 is 0 Å². The molecule has 2 heterocycles. The van der Waals surface area contributed by atoms with Gasteiger partial charge in [-0.1, -0.05) is 25.3 Å². The highest BCUT2D eigenvalue weighted by Crippen LogP contribution is 2.28. The Balaban J connectivity index is 1.63. The molecule has 0 aliphatic heterocycles. The third-order valence-electron chi connectivity index (χ3n) is 5.98. The minimum Gasteiger partial charge on any atom is -0.466 e. The van der Waals surface area contributed by atoms with Crippen LogP contribution in [0.25, 0.3) is 0 Å². The number of ether oxygens (including phenoxy) is 1. The summed E-state index contributed by atoms with van der Waals surface area (Å²) in [5.74, 6) is -1.41. The van der Waals surface area contributed by atoms with E-state index in [1.54, 1.807) is 6.07 Å². The first-order valence-electron chi connectivity index (χ1n) is 12.0. The molecule has 2 aromatic rings. The summed E-state index contributed by atoms with van der Waals surface area (Å²) in [5, 5.41) is 7.95. The van der Waals surface area contributed by atoms with E-state index < -0.39 is 29.4 Å². The lowest BCUT2D eigenvalue weighted by molar-refractivity contribution is -0.134. The van der Waals surface area contributed by atoms with Gasteiger partial charge in [-0.05, 0) is 37.3 Å². The number of pyridine rings is 1. The number of nitrogens with one attached hydrogen (secondary N) is 3. The fourth-order valence-corrected chi connectivity index (χ4v) is 4.07. The molecule has 198 valence electrons. The third-order valence-corrected chi connectivity index (χ3v) is 6.46. The third kappa shape index (κ3) is 8.63. The molecule has 13 heteroatoms. The van der Waals surface area contributed by atoms with E-state index in [0.717, 1.165) is 18.1 Å². The van der Waals surface area contributed by atoms with Crippen molar-refractivity contribution in [3.63, 3.8) is 0 Å². The lowest BCUT2D eigenvalue weighted by Crippen LogP contribution is -2.44. The molecule has 0 unspecified atom stereocenters. The summed E-state index contributed by atoms with van der Waals surface area (Å²) in [4.78, 5) is 61.9. The highest BCUT2D eigenvalue weighted by molar-refractivity contribution is 6.99. The molecule has 1 aliphatic carbocycles. The molecule has 0 saturated heterocycles. The van der Waals surface area contributed by atoms with Crippen LogP contribution in [0, 0.1) is 5.92 Å². The number of allylic oxidation sites excluding steroid dienone is 1. The smallest absolute Gasteiger partial charge is 0.330 e. The molecule has 12 nitrogen and oxygen atoms in total. The van der Waals surface area contributed by atoms with E-state index in [2.05, 4.69) is 29.4 Å². The van der Waals surface area contributed by atoms with Crippen molar-refractivity contribution in [1.82, 2.24) is 23.9 Å². The molecule has 37 heavy (non-hydrogen) atoms. The number of aromatic nitrogens is 3. The number of anilines is 1. The van der Waals surface area contributed by atoms with Gasteiger partial charge in [0.05, 0.1) is 25.0 Å². The standard InChI is InChI=1S/C24H30N6O6S/c1-36-21(32)10-3-2-8-17(27-23(34)19-14-26-37-29-19)22(33)28-18-9-5-13-30(24(18)35)15-20(31)25-12-11-16-6-4-7-16/h3,5,9-10,13-14,16-17H,2,4,6-8,11-12,15H2,1H3,(H,25,31)(H,27,34)(H,28,33)/b10-3+/t17-/m0/s1. The second-order valence-electron chi connectivity index (χ2n) is 8.60. The molecule has 0 bridgehead atoms. The number of amides is 3. The Kier molecular flexibility index (Phi) is 10.5. The number of carbonyl (C=O) groups excluding carboxylic acids is 4. The fraction of sp³-hybridized carbons (Fsp3) is 0.458. The van der Waals surface area contributed by atoms with Gasteiger partial charge in [-0.15, -0.1) is 0 Å².